The van der Waals surface area contributed by atoms with Crippen molar-refractivity contribution < 1.29 is 4.74 Å². The van der Waals surface area contributed by atoms with Gasteiger partial charge >= 0.3 is 0 Å². The molecule has 0 amide bonds. The van der Waals surface area contributed by atoms with Crippen LogP contribution in [0, 0.1) is 6.92 Å². The van der Waals surface area contributed by atoms with Gasteiger partial charge in [-0.05, 0) is 30.7 Å². The molecule has 1 aromatic heterocycles. The van der Waals surface area contributed by atoms with Crippen molar-refractivity contribution >= 4 is 11.6 Å². The van der Waals surface area contributed by atoms with Gasteiger partial charge in [-0.15, -0.1) is 0 Å². The van der Waals surface area contributed by atoms with E-state index in [-0.39, 0.29) is 6.04 Å². The molecule has 0 saturated carbocycles. The van der Waals surface area contributed by atoms with E-state index >= 15 is 0 Å². The van der Waals surface area contributed by atoms with Crippen molar-refractivity contribution in [2.24, 2.45) is 5.84 Å². The van der Waals surface area contributed by atoms with Crippen molar-refractivity contribution in [2.75, 3.05) is 7.11 Å². The fourth-order valence-electron chi connectivity index (χ4n) is 1.79. The van der Waals surface area contributed by atoms with E-state index in [2.05, 4.69) is 15.4 Å². The fourth-order valence-corrected chi connectivity index (χ4v) is 1.97. The molecule has 0 aliphatic heterocycles. The van der Waals surface area contributed by atoms with Gasteiger partial charge in [0.25, 0.3) is 0 Å². The monoisotopic (exact) mass is 278 g/mol. The minimum absolute atomic E-state index is 0.380. The highest BCUT2D eigenvalue weighted by atomic mass is 35.5. The predicted octanol–water partition coefficient (Wildman–Crippen LogP) is 2.00. The van der Waals surface area contributed by atoms with E-state index in [1.165, 1.54) is 0 Å². The summed E-state index contributed by atoms with van der Waals surface area (Å²) in [6.07, 6.45) is 3.48. The van der Waals surface area contributed by atoms with E-state index < -0.39 is 0 Å². The Morgan fingerprint density at radius 2 is 2.00 bits per heavy atom. The van der Waals surface area contributed by atoms with Gasteiger partial charge in [-0.3, -0.25) is 5.84 Å². The molecule has 1 aromatic carbocycles. The molecule has 0 spiro atoms. The number of halogens is 1. The number of rotatable bonds is 4. The Kier molecular flexibility index (Phi) is 4.31. The molecule has 1 atom stereocenters. The van der Waals surface area contributed by atoms with Crippen molar-refractivity contribution in [2.45, 2.75) is 13.0 Å². The second-order valence-electron chi connectivity index (χ2n) is 4.10. The van der Waals surface area contributed by atoms with Gasteiger partial charge in [0.2, 0.25) is 0 Å². The third-order valence-corrected chi connectivity index (χ3v) is 2.96. The summed E-state index contributed by atoms with van der Waals surface area (Å²) in [5.74, 6) is 6.86. The number of nitrogens with one attached hydrogen (secondary N) is 1. The van der Waals surface area contributed by atoms with E-state index in [1.807, 2.05) is 6.92 Å². The van der Waals surface area contributed by atoms with Gasteiger partial charge in [0.15, 0.2) is 5.82 Å². The van der Waals surface area contributed by atoms with Crippen LogP contribution in [0.2, 0.25) is 5.02 Å². The van der Waals surface area contributed by atoms with Crippen LogP contribution >= 0.6 is 11.6 Å². The standard InChI is InChI=1S/C13H15ClN4O/c1-8-6-16-13(17-7-8)12(18-15)10-5-9(14)3-4-11(10)19-2/h3-7,12,18H,15H2,1-2H3. The lowest BCUT2D eigenvalue weighted by Crippen LogP contribution is -2.30. The zero-order chi connectivity index (χ0) is 13.8. The molecule has 6 heteroatoms. The van der Waals surface area contributed by atoms with Crippen LogP contribution in [-0.4, -0.2) is 17.1 Å². The Morgan fingerprint density at radius 3 is 2.58 bits per heavy atom. The number of nitrogens with zero attached hydrogens (tertiary/aromatic N) is 2. The Balaban J connectivity index is 2.47. The molecule has 0 bridgehead atoms. The summed E-state index contributed by atoms with van der Waals surface area (Å²) in [4.78, 5) is 8.56. The molecule has 0 radical (unpaired) electrons. The third-order valence-electron chi connectivity index (χ3n) is 2.73. The van der Waals surface area contributed by atoms with E-state index in [0.717, 1.165) is 11.1 Å². The molecule has 1 heterocycles. The maximum Gasteiger partial charge on any atom is 0.151 e. The maximum absolute atomic E-state index is 6.02. The molecule has 100 valence electrons. The van der Waals surface area contributed by atoms with Gasteiger partial charge < -0.3 is 4.74 Å². The second kappa shape index (κ2) is 5.97. The van der Waals surface area contributed by atoms with E-state index in [0.29, 0.717) is 16.6 Å². The average Bonchev–Trinajstić information content (AvgIpc) is 2.42. The van der Waals surface area contributed by atoms with Crippen LogP contribution in [0.1, 0.15) is 23.0 Å². The lowest BCUT2D eigenvalue weighted by atomic mass is 10.1. The molecule has 3 N–H and O–H groups in total. The third kappa shape index (κ3) is 3.01. The van der Waals surface area contributed by atoms with Gasteiger partial charge in [-0.2, -0.15) is 0 Å². The number of methoxy groups -OCH3 is 1. The fraction of sp³-hybridized carbons (Fsp3) is 0.231. The normalized spacial score (nSPS) is 12.2. The van der Waals surface area contributed by atoms with E-state index in [1.54, 1.807) is 37.7 Å². The Labute approximate surface area is 116 Å². The van der Waals surface area contributed by atoms with Crippen molar-refractivity contribution in [3.8, 4) is 5.75 Å². The zero-order valence-corrected chi connectivity index (χ0v) is 11.5. The van der Waals surface area contributed by atoms with Gasteiger partial charge in [-0.25, -0.2) is 15.4 Å². The SMILES string of the molecule is COc1ccc(Cl)cc1C(NN)c1ncc(C)cn1. The summed E-state index contributed by atoms with van der Waals surface area (Å²) in [7, 11) is 1.59. The van der Waals surface area contributed by atoms with Crippen LogP contribution in [0.5, 0.6) is 5.75 Å². The minimum atomic E-state index is -0.380. The largest absolute Gasteiger partial charge is 0.496 e. The topological polar surface area (TPSA) is 73.1 Å². The summed E-state index contributed by atoms with van der Waals surface area (Å²) in [5.41, 5.74) is 4.47. The molecule has 2 aromatic rings. The molecule has 1 unspecified atom stereocenters. The number of aromatic nitrogens is 2. The summed E-state index contributed by atoms with van der Waals surface area (Å²) in [6, 6.07) is 4.95. The van der Waals surface area contributed by atoms with Crippen molar-refractivity contribution in [3.05, 3.63) is 52.6 Å². The molecule has 2 rings (SSSR count). The van der Waals surface area contributed by atoms with Crippen molar-refractivity contribution in [1.82, 2.24) is 15.4 Å². The van der Waals surface area contributed by atoms with Crippen LogP contribution in [-0.2, 0) is 0 Å². The smallest absolute Gasteiger partial charge is 0.151 e. The highest BCUT2D eigenvalue weighted by Crippen LogP contribution is 2.30. The Hall–Kier alpha value is -1.69. The lowest BCUT2D eigenvalue weighted by Gasteiger charge is -2.18. The summed E-state index contributed by atoms with van der Waals surface area (Å²) in [5, 5.41) is 0.600. The van der Waals surface area contributed by atoms with E-state index in [4.69, 9.17) is 22.2 Å². The molecular weight excluding hydrogens is 264 g/mol. The summed E-state index contributed by atoms with van der Waals surface area (Å²) in [6.45, 7) is 1.93. The van der Waals surface area contributed by atoms with Gasteiger partial charge in [0, 0.05) is 23.0 Å². The molecule has 0 saturated heterocycles. The molecule has 0 fully saturated rings. The lowest BCUT2D eigenvalue weighted by molar-refractivity contribution is 0.403. The summed E-state index contributed by atoms with van der Waals surface area (Å²) >= 11 is 6.02. The number of ether oxygens (including phenoxy) is 1. The molecule has 0 aliphatic rings. The van der Waals surface area contributed by atoms with Crippen LogP contribution in [0.15, 0.2) is 30.6 Å². The first kappa shape index (κ1) is 13.7. The van der Waals surface area contributed by atoms with Crippen molar-refractivity contribution in [3.63, 3.8) is 0 Å². The number of aryl methyl sites for hydroxylation is 1. The average molecular weight is 279 g/mol. The predicted molar refractivity (Wildman–Crippen MR) is 73.9 cm³/mol. The molecule has 19 heavy (non-hydrogen) atoms. The zero-order valence-electron chi connectivity index (χ0n) is 10.7. The first-order chi connectivity index (χ1) is 9.15. The highest BCUT2D eigenvalue weighted by molar-refractivity contribution is 6.30. The number of benzene rings is 1. The number of nitrogens with two attached hydrogens (primary N) is 1. The first-order valence-electron chi connectivity index (χ1n) is 5.74. The second-order valence-corrected chi connectivity index (χ2v) is 4.54. The van der Waals surface area contributed by atoms with Gasteiger partial charge in [0.1, 0.15) is 11.8 Å². The van der Waals surface area contributed by atoms with Crippen LogP contribution in [0.4, 0.5) is 0 Å². The van der Waals surface area contributed by atoms with E-state index in [9.17, 15) is 0 Å². The first-order valence-corrected chi connectivity index (χ1v) is 6.11. The minimum Gasteiger partial charge on any atom is -0.496 e. The van der Waals surface area contributed by atoms with Crippen molar-refractivity contribution in [1.29, 1.82) is 0 Å². The van der Waals surface area contributed by atoms with Crippen LogP contribution < -0.4 is 16.0 Å². The number of hydrazine groups is 1. The molecule has 5 nitrogen and oxygen atoms in total. The Bertz CT molecular complexity index is 559. The Morgan fingerprint density at radius 1 is 1.32 bits per heavy atom. The number of hydrogen-bond donors (Lipinski definition) is 2. The van der Waals surface area contributed by atoms with Crippen LogP contribution in [0.25, 0.3) is 0 Å². The van der Waals surface area contributed by atoms with Crippen LogP contribution in [0.3, 0.4) is 0 Å². The van der Waals surface area contributed by atoms with Gasteiger partial charge in [-0.1, -0.05) is 11.6 Å². The molecule has 0 aliphatic carbocycles. The number of hydrogen-bond acceptors (Lipinski definition) is 5. The van der Waals surface area contributed by atoms with Gasteiger partial charge in [0.05, 0.1) is 7.11 Å². The quantitative estimate of drug-likeness (QED) is 0.661. The maximum atomic E-state index is 6.02. The highest BCUT2D eigenvalue weighted by Gasteiger charge is 2.19. The molecular formula is C13H15ClN4O. The summed E-state index contributed by atoms with van der Waals surface area (Å²) < 4.78 is 5.32.